The van der Waals surface area contributed by atoms with E-state index >= 15 is 0 Å². The predicted molar refractivity (Wildman–Crippen MR) is 73.8 cm³/mol. The molecule has 0 amide bonds. The maximum Gasteiger partial charge on any atom is 0.325 e. The predicted octanol–water partition coefficient (Wildman–Crippen LogP) is 1.14. The first-order chi connectivity index (χ1) is 8.58. The molecule has 6 nitrogen and oxygen atoms in total. The molecule has 0 bridgehead atoms. The van der Waals surface area contributed by atoms with E-state index in [0.29, 0.717) is 12.0 Å². The van der Waals surface area contributed by atoms with Gasteiger partial charge in [0.05, 0.1) is 12.7 Å². The second-order valence-corrected chi connectivity index (χ2v) is 6.88. The number of hydrogen-bond donors (Lipinski definition) is 3. The molecule has 0 saturated heterocycles. The number of aliphatic hydroxyl groups excluding tert-OH is 1. The zero-order valence-corrected chi connectivity index (χ0v) is 12.8. The van der Waals surface area contributed by atoms with Crippen molar-refractivity contribution in [2.45, 2.75) is 32.9 Å². The van der Waals surface area contributed by atoms with Gasteiger partial charge >= 0.3 is 7.60 Å². The second-order valence-electron chi connectivity index (χ2n) is 5.01. The van der Waals surface area contributed by atoms with Gasteiger partial charge in [0.1, 0.15) is 12.3 Å². The van der Waals surface area contributed by atoms with E-state index in [9.17, 15) is 14.5 Å². The van der Waals surface area contributed by atoms with Gasteiger partial charge in [-0.15, -0.1) is 0 Å². The van der Waals surface area contributed by atoms with Gasteiger partial charge in [-0.2, -0.15) is 0 Å². The smallest absolute Gasteiger partial charge is 0.325 e. The number of hydrogen-bond acceptors (Lipinski definition) is 5. The third-order valence-corrected chi connectivity index (χ3v) is 3.57. The largest absolute Gasteiger partial charge is 0.390 e. The van der Waals surface area contributed by atoms with E-state index in [1.54, 1.807) is 20.8 Å². The maximum absolute atomic E-state index is 11.0. The van der Waals surface area contributed by atoms with Crippen molar-refractivity contribution >= 4 is 13.9 Å². The van der Waals surface area contributed by atoms with Crippen molar-refractivity contribution in [3.63, 3.8) is 0 Å². The molecule has 0 aliphatic carbocycles. The Kier molecular flexibility index (Phi) is 7.52. The molecular formula is C12H24NO5P. The first-order valence-electron chi connectivity index (χ1n) is 6.08. The Hall–Kier alpha value is -0.680. The Labute approximate surface area is 114 Å². The molecule has 5 atom stereocenters. The molecule has 0 aliphatic rings. The Balaban J connectivity index is 4.51. The molecular weight excluding hydrogens is 269 g/mol. The number of aldehydes is 1. The fourth-order valence-electron chi connectivity index (χ4n) is 1.56. The van der Waals surface area contributed by atoms with E-state index in [1.165, 1.54) is 0 Å². The molecule has 0 aromatic carbocycles. The lowest BCUT2D eigenvalue weighted by atomic mass is 9.88. The van der Waals surface area contributed by atoms with Gasteiger partial charge < -0.3 is 24.6 Å². The average molecular weight is 293 g/mol. The van der Waals surface area contributed by atoms with Gasteiger partial charge in [0.15, 0.2) is 0 Å². The molecule has 0 aromatic heterocycles. The fourth-order valence-corrected chi connectivity index (χ4v) is 2.07. The van der Waals surface area contributed by atoms with Gasteiger partial charge in [-0.25, -0.2) is 0 Å². The summed E-state index contributed by atoms with van der Waals surface area (Å²) in [5.41, 5.74) is 0.584. The van der Waals surface area contributed by atoms with Crippen LogP contribution in [0.25, 0.3) is 0 Å². The maximum atomic E-state index is 11.0. The SMILES string of the molecule is C=C(C)N[C@H](C=O)[C@@H](O)[C@H](C)[C@H](C)COP(C)(=O)O. The molecule has 112 valence electrons. The Morgan fingerprint density at radius 2 is 2.05 bits per heavy atom. The summed E-state index contributed by atoms with van der Waals surface area (Å²) in [6.45, 7) is 10.0. The number of nitrogens with one attached hydrogen (secondary N) is 1. The second kappa shape index (κ2) is 7.80. The number of aliphatic hydroxyl groups is 1. The Bertz CT molecular complexity index is 354. The molecule has 0 spiro atoms. The van der Waals surface area contributed by atoms with Gasteiger partial charge in [-0.3, -0.25) is 4.57 Å². The molecule has 3 N–H and O–H groups in total. The van der Waals surface area contributed by atoms with Crippen molar-refractivity contribution in [3.8, 4) is 0 Å². The number of allylic oxidation sites excluding steroid dienone is 1. The van der Waals surface area contributed by atoms with Gasteiger partial charge in [-0.1, -0.05) is 20.4 Å². The molecule has 0 rings (SSSR count). The third-order valence-electron chi connectivity index (χ3n) is 2.94. The summed E-state index contributed by atoms with van der Waals surface area (Å²) in [5.74, 6) is -0.460. The van der Waals surface area contributed by atoms with Gasteiger partial charge in [-0.05, 0) is 18.8 Å². The number of carbonyl (C=O) groups is 1. The molecule has 0 aromatic rings. The van der Waals surface area contributed by atoms with E-state index in [2.05, 4.69) is 11.9 Å². The highest BCUT2D eigenvalue weighted by atomic mass is 31.2. The van der Waals surface area contributed by atoms with Crippen molar-refractivity contribution in [2.24, 2.45) is 11.8 Å². The summed E-state index contributed by atoms with van der Waals surface area (Å²) in [4.78, 5) is 20.0. The molecule has 0 heterocycles. The highest BCUT2D eigenvalue weighted by Crippen LogP contribution is 2.37. The first-order valence-corrected chi connectivity index (χ1v) is 8.11. The van der Waals surface area contributed by atoms with Crippen LogP contribution in [0.1, 0.15) is 20.8 Å². The lowest BCUT2D eigenvalue weighted by Gasteiger charge is -2.29. The van der Waals surface area contributed by atoms with Crippen LogP contribution in [-0.2, 0) is 13.9 Å². The van der Waals surface area contributed by atoms with Crippen LogP contribution in [0.4, 0.5) is 0 Å². The van der Waals surface area contributed by atoms with E-state index in [4.69, 9.17) is 9.42 Å². The van der Waals surface area contributed by atoms with E-state index in [-0.39, 0.29) is 18.4 Å². The first kappa shape index (κ1) is 18.3. The summed E-state index contributed by atoms with van der Waals surface area (Å²) in [6, 6.07) is -0.752. The van der Waals surface area contributed by atoms with Gasteiger partial charge in [0, 0.05) is 12.4 Å². The summed E-state index contributed by atoms with van der Waals surface area (Å²) >= 11 is 0. The van der Waals surface area contributed by atoms with Crippen molar-refractivity contribution in [3.05, 3.63) is 12.3 Å². The summed E-state index contributed by atoms with van der Waals surface area (Å²) in [6.07, 6.45) is -0.303. The lowest BCUT2D eigenvalue weighted by Crippen LogP contribution is -2.45. The van der Waals surface area contributed by atoms with Crippen LogP contribution in [0, 0.1) is 11.8 Å². The normalized spacial score (nSPS) is 20.7. The minimum atomic E-state index is -3.52. The Morgan fingerprint density at radius 1 is 1.53 bits per heavy atom. The van der Waals surface area contributed by atoms with Crippen molar-refractivity contribution in [1.82, 2.24) is 5.32 Å². The molecule has 19 heavy (non-hydrogen) atoms. The minimum absolute atomic E-state index is 0.0428. The molecule has 7 heteroatoms. The van der Waals surface area contributed by atoms with Crippen LogP contribution in [0.15, 0.2) is 12.3 Å². The molecule has 0 radical (unpaired) electrons. The molecule has 1 unspecified atom stereocenters. The number of rotatable bonds is 9. The van der Waals surface area contributed by atoms with E-state index < -0.39 is 19.7 Å². The topological polar surface area (TPSA) is 95.9 Å². The molecule has 0 aliphatic heterocycles. The standard InChI is InChI=1S/C12H24NO5P/c1-8(2)13-11(6-14)12(15)10(4)9(3)7-18-19(5,16)17/h6,9-13,15H,1,7H2,2-5H3,(H,16,17)/t9-,10-,11-,12+/m1/s1. The van der Waals surface area contributed by atoms with E-state index in [1.807, 2.05) is 0 Å². The van der Waals surface area contributed by atoms with Crippen molar-refractivity contribution in [2.75, 3.05) is 13.3 Å². The average Bonchev–Trinajstić information content (AvgIpc) is 2.29. The quantitative estimate of drug-likeness (QED) is 0.436. The van der Waals surface area contributed by atoms with Crippen molar-refractivity contribution < 1.29 is 23.9 Å². The van der Waals surface area contributed by atoms with Crippen LogP contribution >= 0.6 is 7.60 Å². The van der Waals surface area contributed by atoms with Crippen molar-refractivity contribution in [1.29, 1.82) is 0 Å². The van der Waals surface area contributed by atoms with Crippen LogP contribution in [0.5, 0.6) is 0 Å². The highest BCUT2D eigenvalue weighted by Gasteiger charge is 2.29. The zero-order valence-electron chi connectivity index (χ0n) is 11.9. The lowest BCUT2D eigenvalue weighted by molar-refractivity contribution is -0.113. The summed E-state index contributed by atoms with van der Waals surface area (Å²) in [7, 11) is -3.52. The number of carbonyl (C=O) groups excluding carboxylic acids is 1. The van der Waals surface area contributed by atoms with Crippen LogP contribution in [0.2, 0.25) is 0 Å². The molecule has 0 fully saturated rings. The van der Waals surface area contributed by atoms with Crippen LogP contribution in [0.3, 0.4) is 0 Å². The van der Waals surface area contributed by atoms with Crippen LogP contribution < -0.4 is 5.32 Å². The summed E-state index contributed by atoms with van der Waals surface area (Å²) in [5, 5.41) is 12.9. The summed E-state index contributed by atoms with van der Waals surface area (Å²) < 4.78 is 15.9. The zero-order chi connectivity index (χ0) is 15.2. The fraction of sp³-hybridized carbons (Fsp3) is 0.750. The monoisotopic (exact) mass is 293 g/mol. The van der Waals surface area contributed by atoms with E-state index in [0.717, 1.165) is 6.66 Å². The minimum Gasteiger partial charge on any atom is -0.390 e. The van der Waals surface area contributed by atoms with Crippen LogP contribution in [-0.4, -0.2) is 41.7 Å². The molecule has 0 saturated carbocycles. The van der Waals surface area contributed by atoms with Gasteiger partial charge in [0.25, 0.3) is 0 Å². The highest BCUT2D eigenvalue weighted by molar-refractivity contribution is 7.51. The third kappa shape index (κ3) is 7.47. The Morgan fingerprint density at radius 3 is 2.42 bits per heavy atom. The van der Waals surface area contributed by atoms with Gasteiger partial charge in [0.2, 0.25) is 0 Å².